The molecule has 3 N–H and O–H groups in total. The molecule has 6 heteroatoms. The SMILES string of the molecule is C[C@H]([NH2+]CC(=O)NCCOc1ccc(Cl)cc1)c1ccccc1Cl. The molecule has 0 saturated carbocycles. The van der Waals surface area contributed by atoms with E-state index in [4.69, 9.17) is 27.9 Å². The molecule has 2 aromatic carbocycles. The first kappa shape index (κ1) is 18.6. The van der Waals surface area contributed by atoms with Gasteiger partial charge in [-0.1, -0.05) is 41.4 Å². The van der Waals surface area contributed by atoms with Crippen molar-refractivity contribution in [2.24, 2.45) is 0 Å². The van der Waals surface area contributed by atoms with E-state index in [-0.39, 0.29) is 11.9 Å². The molecule has 0 saturated heterocycles. The van der Waals surface area contributed by atoms with Crippen molar-refractivity contribution >= 4 is 29.1 Å². The van der Waals surface area contributed by atoms with Crippen LogP contribution in [0.1, 0.15) is 18.5 Å². The molecule has 0 aliphatic rings. The summed E-state index contributed by atoms with van der Waals surface area (Å²) in [4.78, 5) is 11.9. The number of benzene rings is 2. The third-order valence-electron chi connectivity index (χ3n) is 3.56. The number of carbonyl (C=O) groups excluding carboxylic acids is 1. The average molecular weight is 368 g/mol. The van der Waals surface area contributed by atoms with Crippen LogP contribution >= 0.6 is 23.2 Å². The van der Waals surface area contributed by atoms with E-state index >= 15 is 0 Å². The molecular weight excluding hydrogens is 347 g/mol. The molecule has 0 bridgehead atoms. The van der Waals surface area contributed by atoms with E-state index in [0.29, 0.717) is 24.7 Å². The maximum absolute atomic E-state index is 11.9. The number of hydrogen-bond donors (Lipinski definition) is 2. The maximum Gasteiger partial charge on any atom is 0.275 e. The number of amides is 1. The van der Waals surface area contributed by atoms with Crippen molar-refractivity contribution in [1.29, 1.82) is 0 Å². The van der Waals surface area contributed by atoms with Crippen LogP contribution in [0.5, 0.6) is 5.75 Å². The van der Waals surface area contributed by atoms with Crippen LogP contribution in [0.4, 0.5) is 0 Å². The molecule has 1 atom stereocenters. The number of halogens is 2. The summed E-state index contributed by atoms with van der Waals surface area (Å²) in [6.45, 7) is 3.23. The van der Waals surface area contributed by atoms with Gasteiger partial charge in [0.15, 0.2) is 6.54 Å². The van der Waals surface area contributed by atoms with Crippen LogP contribution in [-0.2, 0) is 4.79 Å². The van der Waals surface area contributed by atoms with Crippen LogP contribution in [0, 0.1) is 0 Å². The monoisotopic (exact) mass is 367 g/mol. The Morgan fingerprint density at radius 2 is 1.88 bits per heavy atom. The lowest BCUT2D eigenvalue weighted by Gasteiger charge is -2.12. The minimum atomic E-state index is -0.0337. The third-order valence-corrected chi connectivity index (χ3v) is 4.16. The summed E-state index contributed by atoms with van der Waals surface area (Å²) in [5, 5.41) is 6.17. The molecule has 0 spiro atoms. The number of nitrogens with two attached hydrogens (primary N) is 1. The molecule has 0 unspecified atom stereocenters. The first-order chi connectivity index (χ1) is 11.6. The zero-order valence-electron chi connectivity index (χ0n) is 13.5. The molecule has 128 valence electrons. The number of nitrogens with one attached hydrogen (secondary N) is 1. The Balaban J connectivity index is 1.64. The fourth-order valence-corrected chi connectivity index (χ4v) is 2.65. The first-order valence-electron chi connectivity index (χ1n) is 7.79. The molecule has 1 amide bonds. The second-order valence-corrected chi connectivity index (χ2v) is 6.25. The topological polar surface area (TPSA) is 54.9 Å². The zero-order valence-corrected chi connectivity index (χ0v) is 15.0. The first-order valence-corrected chi connectivity index (χ1v) is 8.54. The van der Waals surface area contributed by atoms with Gasteiger partial charge in [-0.3, -0.25) is 4.79 Å². The van der Waals surface area contributed by atoms with Crippen LogP contribution in [0.2, 0.25) is 10.0 Å². The van der Waals surface area contributed by atoms with Gasteiger partial charge in [0, 0.05) is 15.6 Å². The van der Waals surface area contributed by atoms with E-state index < -0.39 is 0 Å². The summed E-state index contributed by atoms with van der Waals surface area (Å²) in [6.07, 6.45) is 0. The summed E-state index contributed by atoms with van der Waals surface area (Å²) in [7, 11) is 0. The standard InChI is InChI=1S/C18H20Cl2N2O2/c1-13(16-4-2-3-5-17(16)20)22-12-18(23)21-10-11-24-15-8-6-14(19)7-9-15/h2-9,13,22H,10-12H2,1H3,(H,21,23)/p+1/t13-/m0/s1. The molecule has 0 heterocycles. The normalized spacial score (nSPS) is 11.8. The fraction of sp³-hybridized carbons (Fsp3) is 0.278. The van der Waals surface area contributed by atoms with Crippen LogP contribution in [0.25, 0.3) is 0 Å². The quantitative estimate of drug-likeness (QED) is 0.704. The van der Waals surface area contributed by atoms with Crippen molar-refractivity contribution in [2.75, 3.05) is 19.7 Å². The van der Waals surface area contributed by atoms with Crippen LogP contribution < -0.4 is 15.4 Å². The van der Waals surface area contributed by atoms with Crippen LogP contribution in [-0.4, -0.2) is 25.6 Å². The van der Waals surface area contributed by atoms with Crippen molar-refractivity contribution in [3.63, 3.8) is 0 Å². The Bertz CT molecular complexity index is 662. The van der Waals surface area contributed by atoms with Gasteiger partial charge in [0.25, 0.3) is 5.91 Å². The molecule has 0 radical (unpaired) electrons. The Hall–Kier alpha value is -1.75. The summed E-state index contributed by atoms with van der Waals surface area (Å²) in [5.41, 5.74) is 1.03. The van der Waals surface area contributed by atoms with Crippen LogP contribution in [0.15, 0.2) is 48.5 Å². The molecular formula is C18H21Cl2N2O2+. The predicted molar refractivity (Wildman–Crippen MR) is 96.6 cm³/mol. The number of carbonyl (C=O) groups is 1. The summed E-state index contributed by atoms with van der Waals surface area (Å²) >= 11 is 12.0. The average Bonchev–Trinajstić information content (AvgIpc) is 2.58. The van der Waals surface area contributed by atoms with Crippen molar-refractivity contribution in [1.82, 2.24) is 5.32 Å². The Morgan fingerprint density at radius 1 is 1.17 bits per heavy atom. The summed E-state index contributed by atoms with van der Waals surface area (Å²) < 4.78 is 5.52. The smallest absolute Gasteiger partial charge is 0.275 e. The molecule has 2 rings (SSSR count). The summed E-state index contributed by atoms with van der Waals surface area (Å²) in [6, 6.07) is 14.9. The van der Waals surface area contributed by atoms with Crippen LogP contribution in [0.3, 0.4) is 0 Å². The molecule has 2 aromatic rings. The minimum absolute atomic E-state index is 0.0337. The van der Waals surface area contributed by atoms with E-state index in [0.717, 1.165) is 16.3 Å². The number of rotatable bonds is 8. The second-order valence-electron chi connectivity index (χ2n) is 5.40. The van der Waals surface area contributed by atoms with Crippen molar-refractivity contribution in [3.05, 3.63) is 64.1 Å². The van der Waals surface area contributed by atoms with Gasteiger partial charge in [0.2, 0.25) is 0 Å². The zero-order chi connectivity index (χ0) is 17.4. The maximum atomic E-state index is 11.9. The van der Waals surface area contributed by atoms with Crippen molar-refractivity contribution < 1.29 is 14.8 Å². The van der Waals surface area contributed by atoms with E-state index in [1.807, 2.05) is 36.5 Å². The fourth-order valence-electron chi connectivity index (χ4n) is 2.22. The van der Waals surface area contributed by atoms with E-state index in [1.165, 1.54) is 0 Å². The van der Waals surface area contributed by atoms with E-state index in [9.17, 15) is 4.79 Å². The highest BCUT2D eigenvalue weighted by Gasteiger charge is 2.13. The highest BCUT2D eigenvalue weighted by atomic mass is 35.5. The Morgan fingerprint density at radius 3 is 2.58 bits per heavy atom. The number of ether oxygens (including phenoxy) is 1. The minimum Gasteiger partial charge on any atom is -0.492 e. The van der Waals surface area contributed by atoms with Crippen molar-refractivity contribution in [3.8, 4) is 5.75 Å². The molecule has 0 fully saturated rings. The molecule has 0 aliphatic heterocycles. The highest BCUT2D eigenvalue weighted by Crippen LogP contribution is 2.19. The van der Waals surface area contributed by atoms with Gasteiger partial charge in [-0.2, -0.15) is 0 Å². The lowest BCUT2D eigenvalue weighted by molar-refractivity contribution is -0.682. The van der Waals surface area contributed by atoms with Gasteiger partial charge in [0.1, 0.15) is 18.4 Å². The largest absolute Gasteiger partial charge is 0.492 e. The number of hydrogen-bond acceptors (Lipinski definition) is 2. The molecule has 0 aliphatic carbocycles. The van der Waals surface area contributed by atoms with Gasteiger partial charge >= 0.3 is 0 Å². The lowest BCUT2D eigenvalue weighted by Crippen LogP contribution is -2.87. The predicted octanol–water partition coefficient (Wildman–Crippen LogP) is 2.81. The Labute approximate surface area is 152 Å². The lowest BCUT2D eigenvalue weighted by atomic mass is 10.1. The van der Waals surface area contributed by atoms with Gasteiger partial charge in [-0.25, -0.2) is 0 Å². The van der Waals surface area contributed by atoms with E-state index in [2.05, 4.69) is 5.32 Å². The number of quaternary nitrogens is 1. The van der Waals surface area contributed by atoms with Gasteiger partial charge < -0.3 is 15.4 Å². The van der Waals surface area contributed by atoms with Gasteiger partial charge in [-0.15, -0.1) is 0 Å². The Kier molecular flexibility index (Phi) is 7.37. The molecule has 0 aromatic heterocycles. The molecule has 24 heavy (non-hydrogen) atoms. The molecule has 4 nitrogen and oxygen atoms in total. The van der Waals surface area contributed by atoms with E-state index in [1.54, 1.807) is 24.3 Å². The third kappa shape index (κ3) is 6.04. The summed E-state index contributed by atoms with van der Waals surface area (Å²) in [5.74, 6) is 0.696. The second kappa shape index (κ2) is 9.52. The van der Waals surface area contributed by atoms with Crippen molar-refractivity contribution in [2.45, 2.75) is 13.0 Å². The van der Waals surface area contributed by atoms with Gasteiger partial charge in [-0.05, 0) is 37.3 Å². The highest BCUT2D eigenvalue weighted by molar-refractivity contribution is 6.31. The van der Waals surface area contributed by atoms with Gasteiger partial charge in [0.05, 0.1) is 6.54 Å².